The molecule has 0 saturated carbocycles. The van der Waals surface area contributed by atoms with Gasteiger partial charge in [0.25, 0.3) is 0 Å². The summed E-state index contributed by atoms with van der Waals surface area (Å²) < 4.78 is 1.32. The van der Waals surface area contributed by atoms with E-state index in [0.717, 1.165) is 16.7 Å². The van der Waals surface area contributed by atoms with Crippen LogP contribution in [0.4, 0.5) is 5.69 Å². The van der Waals surface area contributed by atoms with Gasteiger partial charge in [0, 0.05) is 21.2 Å². The van der Waals surface area contributed by atoms with Crippen LogP contribution in [-0.2, 0) is 0 Å². The molecule has 0 atom stereocenters. The molecule has 0 amide bonds. The Bertz CT molecular complexity index is 366. The first-order chi connectivity index (χ1) is 6.56. The summed E-state index contributed by atoms with van der Waals surface area (Å²) in [5.74, 6) is -0.944. The van der Waals surface area contributed by atoms with Gasteiger partial charge < -0.3 is 10.4 Å². The third-order valence-corrected chi connectivity index (χ3v) is 2.97. The van der Waals surface area contributed by atoms with Crippen molar-refractivity contribution in [3.8, 4) is 0 Å². The minimum absolute atomic E-state index is 0.249. The van der Waals surface area contributed by atoms with E-state index >= 15 is 0 Å². The quantitative estimate of drug-likeness (QED) is 0.897. The van der Waals surface area contributed by atoms with E-state index in [0.29, 0.717) is 4.47 Å². The summed E-state index contributed by atoms with van der Waals surface area (Å²) in [6.07, 6.45) is 0. The highest BCUT2D eigenvalue weighted by Crippen LogP contribution is 2.29. The van der Waals surface area contributed by atoms with Gasteiger partial charge in [-0.15, -0.1) is 0 Å². The van der Waals surface area contributed by atoms with Crippen LogP contribution in [0.2, 0.25) is 0 Å². The molecule has 0 saturated heterocycles. The molecule has 0 radical (unpaired) electrons. The molecule has 2 N–H and O–H groups in total. The second-order valence-electron chi connectivity index (χ2n) is 2.65. The smallest absolute Gasteiger partial charge is 0.336 e. The zero-order valence-electron chi connectivity index (χ0n) is 7.47. The van der Waals surface area contributed by atoms with Gasteiger partial charge >= 0.3 is 5.97 Å². The van der Waals surface area contributed by atoms with Gasteiger partial charge in [-0.25, -0.2) is 4.79 Å². The van der Waals surface area contributed by atoms with E-state index in [1.165, 1.54) is 0 Å². The fraction of sp³-hybridized carbons (Fsp3) is 0.222. The Balaban J connectivity index is 3.17. The van der Waals surface area contributed by atoms with Crippen molar-refractivity contribution < 1.29 is 9.90 Å². The van der Waals surface area contributed by atoms with Crippen LogP contribution in [0.3, 0.4) is 0 Å². The predicted octanol–water partition coefficient (Wildman–Crippen LogP) is 3.34. The Morgan fingerprint density at radius 2 is 2.07 bits per heavy atom. The van der Waals surface area contributed by atoms with Gasteiger partial charge in [-0.1, -0.05) is 0 Å². The van der Waals surface area contributed by atoms with E-state index in [9.17, 15) is 4.79 Å². The summed E-state index contributed by atoms with van der Waals surface area (Å²) in [4.78, 5) is 10.8. The van der Waals surface area contributed by atoms with Crippen LogP contribution < -0.4 is 5.32 Å². The molecule has 1 aromatic rings. The van der Waals surface area contributed by atoms with Crippen LogP contribution in [0.15, 0.2) is 21.1 Å². The van der Waals surface area contributed by atoms with Gasteiger partial charge in [-0.05, 0) is 50.9 Å². The van der Waals surface area contributed by atoms with Crippen molar-refractivity contribution >= 4 is 43.5 Å². The number of carboxylic acids is 1. The molecule has 3 nitrogen and oxygen atoms in total. The number of aromatic carboxylic acids is 1. The number of hydrogen-bond acceptors (Lipinski definition) is 2. The minimum atomic E-state index is -0.944. The Morgan fingerprint density at radius 3 is 2.57 bits per heavy atom. The Kier molecular flexibility index (Phi) is 3.95. The van der Waals surface area contributed by atoms with Crippen LogP contribution in [-0.4, -0.2) is 17.6 Å². The largest absolute Gasteiger partial charge is 0.478 e. The lowest BCUT2D eigenvalue weighted by atomic mass is 10.2. The summed E-state index contributed by atoms with van der Waals surface area (Å²) >= 11 is 6.51. The maximum absolute atomic E-state index is 10.8. The molecule has 1 rings (SSSR count). The average molecular weight is 323 g/mol. The average Bonchev–Trinajstić information content (AvgIpc) is 2.10. The fourth-order valence-corrected chi connectivity index (χ4v) is 2.03. The lowest BCUT2D eigenvalue weighted by molar-refractivity contribution is 0.0696. The third kappa shape index (κ3) is 2.48. The molecule has 14 heavy (non-hydrogen) atoms. The maximum atomic E-state index is 10.8. The number of halogens is 2. The molecular formula is C9H9Br2NO2. The summed E-state index contributed by atoms with van der Waals surface area (Å²) in [5.41, 5.74) is 1.13. The van der Waals surface area contributed by atoms with Crippen molar-refractivity contribution in [2.75, 3.05) is 11.9 Å². The number of carboxylic acid groups (broad SMARTS) is 1. The minimum Gasteiger partial charge on any atom is -0.478 e. The molecule has 0 fully saturated rings. The molecule has 0 bridgehead atoms. The number of hydrogen-bond donors (Lipinski definition) is 2. The SMILES string of the molecule is CCNc1cc(Br)c(C(=O)O)cc1Br. The van der Waals surface area contributed by atoms with Crippen LogP contribution in [0.5, 0.6) is 0 Å². The first-order valence-electron chi connectivity index (χ1n) is 4.02. The zero-order chi connectivity index (χ0) is 10.7. The van der Waals surface area contributed by atoms with Crippen LogP contribution in [0.25, 0.3) is 0 Å². The van der Waals surface area contributed by atoms with Gasteiger partial charge in [0.1, 0.15) is 0 Å². The molecule has 0 spiro atoms. The van der Waals surface area contributed by atoms with Crippen LogP contribution in [0, 0.1) is 0 Å². The fourth-order valence-electron chi connectivity index (χ4n) is 1.04. The molecule has 1 aromatic carbocycles. The van der Waals surface area contributed by atoms with Gasteiger partial charge in [-0.2, -0.15) is 0 Å². The van der Waals surface area contributed by atoms with E-state index in [-0.39, 0.29) is 5.56 Å². The van der Waals surface area contributed by atoms with E-state index in [1.807, 2.05) is 6.92 Å². The lowest BCUT2D eigenvalue weighted by Crippen LogP contribution is -2.02. The molecule has 0 aromatic heterocycles. The Hall–Kier alpha value is -0.550. The van der Waals surface area contributed by atoms with Gasteiger partial charge in [0.2, 0.25) is 0 Å². The van der Waals surface area contributed by atoms with Gasteiger partial charge in [0.05, 0.1) is 5.56 Å². The Labute approximate surface area is 98.8 Å². The molecule has 0 unspecified atom stereocenters. The normalized spacial score (nSPS) is 9.93. The number of benzene rings is 1. The standard InChI is InChI=1S/C9H9Br2NO2/c1-2-12-8-4-6(10)5(9(13)14)3-7(8)11/h3-4,12H,2H2,1H3,(H,13,14). The predicted molar refractivity (Wildman–Crippen MR) is 63.0 cm³/mol. The monoisotopic (exact) mass is 321 g/mol. The number of rotatable bonds is 3. The summed E-state index contributed by atoms with van der Waals surface area (Å²) in [6, 6.07) is 3.32. The van der Waals surface area contributed by atoms with Crippen LogP contribution in [0.1, 0.15) is 17.3 Å². The van der Waals surface area contributed by atoms with Gasteiger partial charge in [0.15, 0.2) is 0 Å². The van der Waals surface area contributed by atoms with Crippen molar-refractivity contribution in [2.45, 2.75) is 6.92 Å². The van der Waals surface area contributed by atoms with Crippen molar-refractivity contribution in [1.82, 2.24) is 0 Å². The van der Waals surface area contributed by atoms with Gasteiger partial charge in [-0.3, -0.25) is 0 Å². The van der Waals surface area contributed by atoms with Crippen molar-refractivity contribution in [3.05, 3.63) is 26.6 Å². The van der Waals surface area contributed by atoms with E-state index < -0.39 is 5.97 Å². The molecule has 5 heteroatoms. The van der Waals surface area contributed by atoms with Crippen LogP contribution >= 0.6 is 31.9 Å². The van der Waals surface area contributed by atoms with Crippen molar-refractivity contribution in [3.63, 3.8) is 0 Å². The van der Waals surface area contributed by atoms with E-state index in [4.69, 9.17) is 5.11 Å². The highest BCUT2D eigenvalue weighted by molar-refractivity contribution is 9.11. The maximum Gasteiger partial charge on any atom is 0.336 e. The molecule has 0 aliphatic carbocycles. The first kappa shape index (κ1) is 11.5. The second-order valence-corrected chi connectivity index (χ2v) is 4.36. The summed E-state index contributed by atoms with van der Waals surface area (Å²) in [7, 11) is 0. The lowest BCUT2D eigenvalue weighted by Gasteiger charge is -2.08. The molecule has 0 heterocycles. The number of nitrogens with one attached hydrogen (secondary N) is 1. The third-order valence-electron chi connectivity index (χ3n) is 1.65. The first-order valence-corrected chi connectivity index (χ1v) is 5.61. The Morgan fingerprint density at radius 1 is 1.43 bits per heavy atom. The van der Waals surface area contributed by atoms with Crippen molar-refractivity contribution in [2.24, 2.45) is 0 Å². The summed E-state index contributed by atoms with van der Waals surface area (Å²) in [6.45, 7) is 2.77. The molecular weight excluding hydrogens is 314 g/mol. The topological polar surface area (TPSA) is 49.3 Å². The molecule has 76 valence electrons. The highest BCUT2D eigenvalue weighted by Gasteiger charge is 2.11. The molecule has 0 aliphatic rings. The number of anilines is 1. The second kappa shape index (κ2) is 4.79. The van der Waals surface area contributed by atoms with Crippen molar-refractivity contribution in [1.29, 1.82) is 0 Å². The van der Waals surface area contributed by atoms with E-state index in [1.54, 1.807) is 12.1 Å². The number of carbonyl (C=O) groups is 1. The van der Waals surface area contributed by atoms with E-state index in [2.05, 4.69) is 37.2 Å². The summed E-state index contributed by atoms with van der Waals surface area (Å²) in [5, 5.41) is 12.0. The zero-order valence-corrected chi connectivity index (χ0v) is 10.6. The molecule has 0 aliphatic heterocycles. The highest BCUT2D eigenvalue weighted by atomic mass is 79.9.